The van der Waals surface area contributed by atoms with Crippen molar-refractivity contribution in [3.05, 3.63) is 78.4 Å². The summed E-state index contributed by atoms with van der Waals surface area (Å²) in [5, 5.41) is 5.63. The molecule has 0 radical (unpaired) electrons. The standard InChI is InChI=1S/C26H31N5O3/c27-12-5-11-24(25(32)29-13-6-15-31-16-14-28-18-31)30-26(33)34-17-23-21-9-3-1-7-19(21)20-8-2-4-10-22(20)23/h1-4,7-10,14,16,18,23-24H,5-6,11-13,15,17,27H2,(H,29,32)(H,30,33). The van der Waals surface area contributed by atoms with Crippen molar-refractivity contribution in [3.8, 4) is 11.1 Å². The van der Waals surface area contributed by atoms with E-state index in [1.54, 1.807) is 12.5 Å². The van der Waals surface area contributed by atoms with Crippen LogP contribution in [-0.2, 0) is 16.1 Å². The molecule has 1 aliphatic rings. The van der Waals surface area contributed by atoms with E-state index >= 15 is 0 Å². The van der Waals surface area contributed by atoms with Crippen molar-refractivity contribution >= 4 is 12.0 Å². The van der Waals surface area contributed by atoms with Gasteiger partial charge in [0.25, 0.3) is 0 Å². The number of amides is 2. The summed E-state index contributed by atoms with van der Waals surface area (Å²) >= 11 is 0. The summed E-state index contributed by atoms with van der Waals surface area (Å²) in [5.41, 5.74) is 10.3. The minimum atomic E-state index is -0.688. The van der Waals surface area contributed by atoms with Gasteiger partial charge in [0.05, 0.1) is 6.33 Å². The number of aryl methyl sites for hydroxylation is 1. The Morgan fingerprint density at radius 1 is 1.06 bits per heavy atom. The number of imidazole rings is 1. The first-order valence-electron chi connectivity index (χ1n) is 11.7. The Labute approximate surface area is 199 Å². The zero-order valence-electron chi connectivity index (χ0n) is 19.2. The SMILES string of the molecule is NCCCC(NC(=O)OCC1c2ccccc2-c2ccccc21)C(=O)NCCCn1ccnc1. The van der Waals surface area contributed by atoms with Gasteiger partial charge in [0, 0.05) is 31.4 Å². The monoisotopic (exact) mass is 461 g/mol. The Kier molecular flexibility index (Phi) is 7.93. The highest BCUT2D eigenvalue weighted by atomic mass is 16.5. The van der Waals surface area contributed by atoms with Crippen LogP contribution in [0.4, 0.5) is 4.79 Å². The van der Waals surface area contributed by atoms with Gasteiger partial charge in [-0.2, -0.15) is 0 Å². The van der Waals surface area contributed by atoms with Crippen molar-refractivity contribution in [1.29, 1.82) is 0 Å². The topological polar surface area (TPSA) is 111 Å². The average molecular weight is 462 g/mol. The van der Waals surface area contributed by atoms with Crippen LogP contribution in [0.3, 0.4) is 0 Å². The maximum atomic E-state index is 12.7. The largest absolute Gasteiger partial charge is 0.449 e. The smallest absolute Gasteiger partial charge is 0.407 e. The van der Waals surface area contributed by atoms with E-state index in [2.05, 4.69) is 39.9 Å². The van der Waals surface area contributed by atoms with Crippen molar-refractivity contribution in [2.24, 2.45) is 5.73 Å². The molecule has 8 heteroatoms. The van der Waals surface area contributed by atoms with E-state index < -0.39 is 12.1 Å². The second kappa shape index (κ2) is 11.5. The molecule has 2 amide bonds. The Bertz CT molecular complexity index is 1050. The molecule has 8 nitrogen and oxygen atoms in total. The molecule has 1 heterocycles. The van der Waals surface area contributed by atoms with Gasteiger partial charge in [0.2, 0.25) is 5.91 Å². The molecule has 34 heavy (non-hydrogen) atoms. The van der Waals surface area contributed by atoms with Crippen LogP contribution < -0.4 is 16.4 Å². The molecule has 0 fully saturated rings. The lowest BCUT2D eigenvalue weighted by Gasteiger charge is -2.19. The third kappa shape index (κ3) is 5.63. The minimum Gasteiger partial charge on any atom is -0.449 e. The normalized spacial score (nSPS) is 13.1. The fourth-order valence-electron chi connectivity index (χ4n) is 4.39. The fourth-order valence-corrected chi connectivity index (χ4v) is 4.39. The highest BCUT2D eigenvalue weighted by molar-refractivity contribution is 5.85. The number of aromatic nitrogens is 2. The first-order chi connectivity index (χ1) is 16.7. The predicted octanol–water partition coefficient (Wildman–Crippen LogP) is 3.04. The van der Waals surface area contributed by atoms with Crippen LogP contribution in [-0.4, -0.2) is 47.3 Å². The molecule has 0 bridgehead atoms. The number of nitrogens with two attached hydrogens (primary N) is 1. The Morgan fingerprint density at radius 2 is 1.76 bits per heavy atom. The van der Waals surface area contributed by atoms with E-state index in [0.717, 1.165) is 24.1 Å². The van der Waals surface area contributed by atoms with E-state index in [9.17, 15) is 9.59 Å². The summed E-state index contributed by atoms with van der Waals surface area (Å²) in [5.74, 6) is -0.259. The molecule has 0 saturated heterocycles. The second-order valence-corrected chi connectivity index (χ2v) is 8.40. The van der Waals surface area contributed by atoms with Crippen LogP contribution in [0.15, 0.2) is 67.3 Å². The summed E-state index contributed by atoms with van der Waals surface area (Å²) in [6.07, 6.45) is 6.58. The van der Waals surface area contributed by atoms with Gasteiger partial charge in [0.15, 0.2) is 0 Å². The zero-order chi connectivity index (χ0) is 23.8. The number of hydrogen-bond donors (Lipinski definition) is 3. The third-order valence-electron chi connectivity index (χ3n) is 6.10. The number of carbonyl (C=O) groups excluding carboxylic acids is 2. The van der Waals surface area contributed by atoms with Crippen molar-refractivity contribution in [3.63, 3.8) is 0 Å². The number of fused-ring (bicyclic) bond motifs is 3. The number of alkyl carbamates (subject to hydrolysis) is 1. The maximum Gasteiger partial charge on any atom is 0.407 e. The van der Waals surface area contributed by atoms with Gasteiger partial charge in [0.1, 0.15) is 12.6 Å². The number of benzene rings is 2. The molecular weight excluding hydrogens is 430 g/mol. The average Bonchev–Trinajstić information content (AvgIpc) is 3.49. The maximum absolute atomic E-state index is 12.7. The summed E-state index contributed by atoms with van der Waals surface area (Å²) in [4.78, 5) is 29.3. The summed E-state index contributed by atoms with van der Waals surface area (Å²) in [6, 6.07) is 15.7. The molecular formula is C26H31N5O3. The lowest BCUT2D eigenvalue weighted by molar-refractivity contribution is -0.123. The molecule has 2 aromatic carbocycles. The van der Waals surface area contributed by atoms with Gasteiger partial charge >= 0.3 is 6.09 Å². The van der Waals surface area contributed by atoms with Gasteiger partial charge in [-0.3, -0.25) is 4.79 Å². The van der Waals surface area contributed by atoms with Gasteiger partial charge < -0.3 is 25.7 Å². The summed E-state index contributed by atoms with van der Waals surface area (Å²) in [7, 11) is 0. The fraction of sp³-hybridized carbons (Fsp3) is 0.346. The number of rotatable bonds is 11. The van der Waals surface area contributed by atoms with Crippen LogP contribution in [0.25, 0.3) is 11.1 Å². The van der Waals surface area contributed by atoms with Crippen LogP contribution in [0.1, 0.15) is 36.3 Å². The van der Waals surface area contributed by atoms with E-state index in [1.807, 2.05) is 35.0 Å². The van der Waals surface area contributed by atoms with E-state index in [1.165, 1.54) is 11.1 Å². The van der Waals surface area contributed by atoms with Gasteiger partial charge in [-0.05, 0) is 48.1 Å². The van der Waals surface area contributed by atoms with Crippen molar-refractivity contribution in [1.82, 2.24) is 20.2 Å². The van der Waals surface area contributed by atoms with Crippen LogP contribution in [0.2, 0.25) is 0 Å². The highest BCUT2D eigenvalue weighted by Crippen LogP contribution is 2.44. The molecule has 0 aliphatic heterocycles. The first kappa shape index (κ1) is 23.5. The van der Waals surface area contributed by atoms with Gasteiger partial charge in [-0.1, -0.05) is 48.5 Å². The van der Waals surface area contributed by atoms with Crippen molar-refractivity contribution in [2.75, 3.05) is 19.7 Å². The van der Waals surface area contributed by atoms with Gasteiger partial charge in [-0.15, -0.1) is 0 Å². The molecule has 1 unspecified atom stereocenters. The second-order valence-electron chi connectivity index (χ2n) is 8.40. The van der Waals surface area contributed by atoms with E-state index in [4.69, 9.17) is 10.5 Å². The summed E-state index contributed by atoms with van der Waals surface area (Å²) in [6.45, 7) is 1.91. The lowest BCUT2D eigenvalue weighted by Crippen LogP contribution is -2.47. The number of hydrogen-bond acceptors (Lipinski definition) is 5. The highest BCUT2D eigenvalue weighted by Gasteiger charge is 2.29. The molecule has 1 aliphatic carbocycles. The molecule has 0 spiro atoms. The third-order valence-corrected chi connectivity index (χ3v) is 6.10. The van der Waals surface area contributed by atoms with Crippen molar-refractivity contribution in [2.45, 2.75) is 37.8 Å². The molecule has 1 aromatic heterocycles. The Morgan fingerprint density at radius 3 is 2.41 bits per heavy atom. The van der Waals surface area contributed by atoms with Crippen LogP contribution >= 0.6 is 0 Å². The minimum absolute atomic E-state index is 0.0300. The van der Waals surface area contributed by atoms with E-state index in [0.29, 0.717) is 25.9 Å². The molecule has 3 aromatic rings. The molecule has 178 valence electrons. The zero-order valence-corrected chi connectivity index (χ0v) is 19.2. The molecule has 4 N–H and O–H groups in total. The number of ether oxygens (including phenoxy) is 1. The predicted molar refractivity (Wildman–Crippen MR) is 130 cm³/mol. The molecule has 1 atom stereocenters. The van der Waals surface area contributed by atoms with Crippen LogP contribution in [0.5, 0.6) is 0 Å². The Hall–Kier alpha value is -3.65. The van der Waals surface area contributed by atoms with Gasteiger partial charge in [-0.25, -0.2) is 9.78 Å². The van der Waals surface area contributed by atoms with Crippen molar-refractivity contribution < 1.29 is 14.3 Å². The number of nitrogens with one attached hydrogen (secondary N) is 2. The number of nitrogens with zero attached hydrogens (tertiary/aromatic N) is 2. The quantitative estimate of drug-likeness (QED) is 0.380. The first-order valence-corrected chi connectivity index (χ1v) is 11.7. The Balaban J connectivity index is 1.31. The molecule has 4 rings (SSSR count). The van der Waals surface area contributed by atoms with Crippen LogP contribution in [0, 0.1) is 0 Å². The van der Waals surface area contributed by atoms with E-state index in [-0.39, 0.29) is 18.4 Å². The lowest BCUT2D eigenvalue weighted by atomic mass is 9.98. The molecule has 0 saturated carbocycles. The summed E-state index contributed by atoms with van der Waals surface area (Å²) < 4.78 is 7.55. The number of carbonyl (C=O) groups is 2.